The first-order valence-corrected chi connectivity index (χ1v) is 6.78. The maximum absolute atomic E-state index is 13.9. The van der Waals surface area contributed by atoms with Crippen molar-refractivity contribution >= 4 is 5.97 Å². The van der Waals surface area contributed by atoms with E-state index in [1.54, 1.807) is 0 Å². The molecule has 0 amide bonds. The average Bonchev–Trinajstić information content (AvgIpc) is 3.26. The Balaban J connectivity index is 2.42. The van der Waals surface area contributed by atoms with Gasteiger partial charge in [-0.3, -0.25) is 0 Å². The molecule has 22 heavy (non-hydrogen) atoms. The highest BCUT2D eigenvalue weighted by Crippen LogP contribution is 2.56. The number of methoxy groups -OCH3 is 1. The summed E-state index contributed by atoms with van der Waals surface area (Å²) in [5.74, 6) is -6.47. The SMILES string of the molecule is CCC(F)(F)c1cc(C(=O)OC)cc(C2CC2C(F)(F)F)c1. The Morgan fingerprint density at radius 1 is 1.23 bits per heavy atom. The topological polar surface area (TPSA) is 26.3 Å². The summed E-state index contributed by atoms with van der Waals surface area (Å²) in [4.78, 5) is 11.6. The molecule has 1 aliphatic carbocycles. The number of ether oxygens (including phenoxy) is 1. The van der Waals surface area contributed by atoms with Crippen molar-refractivity contribution in [3.63, 3.8) is 0 Å². The zero-order chi connectivity index (χ0) is 16.7. The lowest BCUT2D eigenvalue weighted by Crippen LogP contribution is -2.15. The fourth-order valence-corrected chi connectivity index (χ4v) is 2.44. The van der Waals surface area contributed by atoms with E-state index in [4.69, 9.17) is 0 Å². The van der Waals surface area contributed by atoms with Crippen molar-refractivity contribution in [2.45, 2.75) is 37.8 Å². The van der Waals surface area contributed by atoms with Crippen molar-refractivity contribution in [3.8, 4) is 0 Å². The van der Waals surface area contributed by atoms with Crippen molar-refractivity contribution in [1.82, 2.24) is 0 Å². The van der Waals surface area contributed by atoms with E-state index in [0.717, 1.165) is 19.2 Å². The molecule has 0 bridgehead atoms. The van der Waals surface area contributed by atoms with Crippen molar-refractivity contribution in [3.05, 3.63) is 34.9 Å². The minimum Gasteiger partial charge on any atom is -0.465 e. The molecule has 2 atom stereocenters. The van der Waals surface area contributed by atoms with Gasteiger partial charge in [-0.25, -0.2) is 13.6 Å². The van der Waals surface area contributed by atoms with E-state index >= 15 is 0 Å². The summed E-state index contributed by atoms with van der Waals surface area (Å²) in [7, 11) is 1.09. The molecular formula is C15H15F5O2. The van der Waals surface area contributed by atoms with E-state index in [1.807, 2.05) is 0 Å². The van der Waals surface area contributed by atoms with Crippen LogP contribution in [0.2, 0.25) is 0 Å². The summed E-state index contributed by atoms with van der Waals surface area (Å²) in [6, 6.07) is 3.24. The molecule has 1 aliphatic rings. The third-order valence-corrected chi connectivity index (χ3v) is 3.88. The molecule has 2 rings (SSSR count). The average molecular weight is 322 g/mol. The number of alkyl halides is 5. The zero-order valence-electron chi connectivity index (χ0n) is 12.0. The Kier molecular flexibility index (Phi) is 4.19. The number of halogens is 5. The molecule has 0 saturated heterocycles. The molecule has 1 aromatic carbocycles. The van der Waals surface area contributed by atoms with Crippen LogP contribution in [0.25, 0.3) is 0 Å². The molecule has 0 radical (unpaired) electrons. The van der Waals surface area contributed by atoms with Crippen LogP contribution in [0.1, 0.15) is 47.2 Å². The fourth-order valence-electron chi connectivity index (χ4n) is 2.44. The van der Waals surface area contributed by atoms with E-state index in [-0.39, 0.29) is 17.5 Å². The monoisotopic (exact) mass is 322 g/mol. The van der Waals surface area contributed by atoms with Crippen LogP contribution in [-0.4, -0.2) is 19.3 Å². The van der Waals surface area contributed by atoms with E-state index < -0.39 is 41.9 Å². The summed E-state index contributed by atoms with van der Waals surface area (Å²) in [6.07, 6.45) is -5.02. The number of benzene rings is 1. The maximum Gasteiger partial charge on any atom is 0.392 e. The quantitative estimate of drug-likeness (QED) is 0.596. The van der Waals surface area contributed by atoms with Gasteiger partial charge in [-0.1, -0.05) is 6.92 Å². The van der Waals surface area contributed by atoms with E-state index in [9.17, 15) is 26.7 Å². The molecule has 0 N–H and O–H groups in total. The Labute approximate surface area is 124 Å². The van der Waals surface area contributed by atoms with Crippen molar-refractivity contribution in [2.24, 2.45) is 5.92 Å². The van der Waals surface area contributed by atoms with Gasteiger partial charge in [0.25, 0.3) is 5.92 Å². The van der Waals surface area contributed by atoms with Crippen LogP contribution in [0.3, 0.4) is 0 Å². The van der Waals surface area contributed by atoms with Gasteiger partial charge in [0.2, 0.25) is 0 Å². The molecule has 0 aliphatic heterocycles. The van der Waals surface area contributed by atoms with Gasteiger partial charge in [0, 0.05) is 12.0 Å². The molecule has 2 unspecified atom stereocenters. The van der Waals surface area contributed by atoms with Gasteiger partial charge in [-0.15, -0.1) is 0 Å². The first kappa shape index (κ1) is 16.7. The number of hydrogen-bond donors (Lipinski definition) is 0. The Bertz CT molecular complexity index is 580. The highest BCUT2D eigenvalue weighted by atomic mass is 19.4. The van der Waals surface area contributed by atoms with Gasteiger partial charge >= 0.3 is 12.1 Å². The molecule has 7 heteroatoms. The number of hydrogen-bond acceptors (Lipinski definition) is 2. The second-order valence-electron chi connectivity index (χ2n) is 5.38. The first-order chi connectivity index (χ1) is 10.1. The van der Waals surface area contributed by atoms with E-state index in [0.29, 0.717) is 0 Å². The van der Waals surface area contributed by atoms with E-state index in [1.165, 1.54) is 13.0 Å². The third-order valence-electron chi connectivity index (χ3n) is 3.88. The molecule has 1 fully saturated rings. The van der Waals surface area contributed by atoms with Crippen LogP contribution in [0.4, 0.5) is 22.0 Å². The van der Waals surface area contributed by atoms with Gasteiger partial charge in [-0.05, 0) is 36.1 Å². The smallest absolute Gasteiger partial charge is 0.392 e. The van der Waals surface area contributed by atoms with E-state index in [2.05, 4.69) is 4.74 Å². The van der Waals surface area contributed by atoms with Gasteiger partial charge < -0.3 is 4.74 Å². The fraction of sp³-hybridized carbons (Fsp3) is 0.533. The minimum absolute atomic E-state index is 0.105. The van der Waals surface area contributed by atoms with Crippen LogP contribution in [0.15, 0.2) is 18.2 Å². The standard InChI is InChI=1S/C15H15F5O2/c1-3-14(16,17)10-5-8(4-9(6-10)13(21)22-2)11-7-12(11)15(18,19)20/h4-6,11-12H,3,7H2,1-2H3. The van der Waals surface area contributed by atoms with Crippen LogP contribution >= 0.6 is 0 Å². The lowest BCUT2D eigenvalue weighted by Gasteiger charge is -2.17. The lowest BCUT2D eigenvalue weighted by molar-refractivity contribution is -0.148. The molecule has 1 saturated carbocycles. The molecule has 1 aromatic rings. The highest BCUT2D eigenvalue weighted by molar-refractivity contribution is 5.89. The summed E-state index contributed by atoms with van der Waals surface area (Å²) in [6.45, 7) is 1.26. The minimum atomic E-state index is -4.36. The number of esters is 1. The van der Waals surface area contributed by atoms with Crippen LogP contribution < -0.4 is 0 Å². The molecule has 0 aromatic heterocycles. The lowest BCUT2D eigenvalue weighted by atomic mass is 9.97. The second-order valence-corrected chi connectivity index (χ2v) is 5.38. The molecular weight excluding hydrogens is 307 g/mol. The van der Waals surface area contributed by atoms with Crippen LogP contribution in [-0.2, 0) is 10.7 Å². The molecule has 0 heterocycles. The van der Waals surface area contributed by atoms with Crippen molar-refractivity contribution in [2.75, 3.05) is 7.11 Å². The number of rotatable bonds is 4. The first-order valence-electron chi connectivity index (χ1n) is 6.78. The summed E-state index contributed by atoms with van der Waals surface area (Å²) in [5, 5.41) is 0. The Hall–Kier alpha value is -1.66. The normalized spacial score (nSPS) is 21.6. The zero-order valence-corrected chi connectivity index (χ0v) is 12.0. The van der Waals surface area contributed by atoms with Gasteiger partial charge in [0.1, 0.15) is 0 Å². The highest BCUT2D eigenvalue weighted by Gasteiger charge is 2.56. The van der Waals surface area contributed by atoms with Crippen molar-refractivity contribution in [1.29, 1.82) is 0 Å². The van der Waals surface area contributed by atoms with Gasteiger partial charge in [0.15, 0.2) is 0 Å². The number of carbonyl (C=O) groups excluding carboxylic acids is 1. The Morgan fingerprint density at radius 3 is 2.32 bits per heavy atom. The van der Waals surface area contributed by atoms with Gasteiger partial charge in [0.05, 0.1) is 18.6 Å². The summed E-state index contributed by atoms with van der Waals surface area (Å²) >= 11 is 0. The van der Waals surface area contributed by atoms with Crippen LogP contribution in [0, 0.1) is 5.92 Å². The third kappa shape index (κ3) is 3.23. The summed E-state index contributed by atoms with van der Waals surface area (Å²) < 4.78 is 70.2. The summed E-state index contributed by atoms with van der Waals surface area (Å²) in [5.41, 5.74) is -0.509. The largest absolute Gasteiger partial charge is 0.465 e. The Morgan fingerprint density at radius 2 is 1.86 bits per heavy atom. The molecule has 0 spiro atoms. The number of carbonyl (C=O) groups is 1. The van der Waals surface area contributed by atoms with Gasteiger partial charge in [-0.2, -0.15) is 13.2 Å². The predicted octanol–water partition coefficient (Wildman–Crippen LogP) is 4.64. The maximum atomic E-state index is 13.9. The molecule has 122 valence electrons. The second kappa shape index (κ2) is 5.52. The van der Waals surface area contributed by atoms with Crippen molar-refractivity contribution < 1.29 is 31.5 Å². The molecule has 2 nitrogen and oxygen atoms in total. The predicted molar refractivity (Wildman–Crippen MR) is 68.9 cm³/mol. The van der Waals surface area contributed by atoms with Crippen LogP contribution in [0.5, 0.6) is 0 Å².